The monoisotopic (exact) mass is 362 g/mol. The van der Waals surface area contributed by atoms with Crippen LogP contribution in [0.4, 0.5) is 0 Å². The summed E-state index contributed by atoms with van der Waals surface area (Å²) in [6, 6.07) is 0. The standard InChI is InChI=1S/C21H30O5/c1-14(2)18(23)26-20(5-3-4-6-20)12-17(22)25-21-10-15-7-16(11-21)9-19(24,8-15)13-21/h15-16,24H,1,3-13H2,2H3. The highest BCUT2D eigenvalue weighted by atomic mass is 16.6. The number of hydrogen-bond acceptors (Lipinski definition) is 5. The van der Waals surface area contributed by atoms with Gasteiger partial charge in [0.25, 0.3) is 0 Å². The minimum atomic E-state index is -0.744. The molecule has 0 aromatic rings. The van der Waals surface area contributed by atoms with Crippen molar-refractivity contribution < 1.29 is 24.2 Å². The number of aliphatic hydroxyl groups is 1. The molecule has 0 spiro atoms. The molecule has 0 amide bonds. The summed E-state index contributed by atoms with van der Waals surface area (Å²) in [5.41, 5.74) is -1.55. The highest BCUT2D eigenvalue weighted by molar-refractivity contribution is 5.87. The molecular formula is C21H30O5. The Labute approximate surface area is 155 Å². The number of esters is 2. The van der Waals surface area contributed by atoms with Crippen LogP contribution < -0.4 is 0 Å². The molecule has 144 valence electrons. The summed E-state index contributed by atoms with van der Waals surface area (Å²) in [4.78, 5) is 24.9. The maximum Gasteiger partial charge on any atom is 0.333 e. The molecule has 5 rings (SSSR count). The van der Waals surface area contributed by atoms with Gasteiger partial charge in [0.2, 0.25) is 0 Å². The van der Waals surface area contributed by atoms with Gasteiger partial charge in [0.15, 0.2) is 0 Å². The molecule has 1 N–H and O–H groups in total. The van der Waals surface area contributed by atoms with Crippen molar-refractivity contribution in [2.24, 2.45) is 11.8 Å². The van der Waals surface area contributed by atoms with Crippen LogP contribution in [0, 0.1) is 11.8 Å². The van der Waals surface area contributed by atoms with Gasteiger partial charge < -0.3 is 14.6 Å². The molecule has 0 saturated heterocycles. The number of carbonyl (C=O) groups is 2. The lowest BCUT2D eigenvalue weighted by Gasteiger charge is -2.59. The van der Waals surface area contributed by atoms with E-state index in [4.69, 9.17) is 9.47 Å². The zero-order valence-corrected chi connectivity index (χ0v) is 15.7. The maximum atomic E-state index is 12.8. The molecule has 4 bridgehead atoms. The van der Waals surface area contributed by atoms with Crippen LogP contribution in [-0.2, 0) is 19.1 Å². The zero-order chi connectivity index (χ0) is 18.6. The Morgan fingerprint density at radius 2 is 1.69 bits per heavy atom. The molecule has 5 saturated carbocycles. The normalized spacial score (nSPS) is 39.6. The van der Waals surface area contributed by atoms with Gasteiger partial charge in [-0.2, -0.15) is 0 Å². The molecule has 0 aliphatic heterocycles. The maximum absolute atomic E-state index is 12.8. The Morgan fingerprint density at radius 1 is 1.08 bits per heavy atom. The second-order valence-electron chi connectivity index (χ2n) is 9.58. The van der Waals surface area contributed by atoms with E-state index in [0.717, 1.165) is 44.9 Å². The molecule has 0 radical (unpaired) electrons. The van der Waals surface area contributed by atoms with Crippen molar-refractivity contribution in [2.75, 3.05) is 0 Å². The predicted molar refractivity (Wildman–Crippen MR) is 95.2 cm³/mol. The summed E-state index contributed by atoms with van der Waals surface area (Å²) in [7, 11) is 0. The largest absolute Gasteiger partial charge is 0.459 e. The fourth-order valence-corrected chi connectivity index (χ4v) is 6.41. The van der Waals surface area contributed by atoms with Gasteiger partial charge >= 0.3 is 11.9 Å². The average molecular weight is 362 g/mol. The van der Waals surface area contributed by atoms with E-state index in [9.17, 15) is 14.7 Å². The third-order valence-electron chi connectivity index (χ3n) is 6.95. The topological polar surface area (TPSA) is 72.8 Å². The van der Waals surface area contributed by atoms with Gasteiger partial charge in [-0.3, -0.25) is 4.79 Å². The smallest absolute Gasteiger partial charge is 0.333 e. The van der Waals surface area contributed by atoms with E-state index in [0.29, 0.717) is 36.7 Å². The fourth-order valence-electron chi connectivity index (χ4n) is 6.41. The first-order valence-corrected chi connectivity index (χ1v) is 10.0. The summed E-state index contributed by atoms with van der Waals surface area (Å²) >= 11 is 0. The Morgan fingerprint density at radius 3 is 2.23 bits per heavy atom. The first kappa shape index (κ1) is 18.0. The van der Waals surface area contributed by atoms with Crippen LogP contribution in [0.15, 0.2) is 12.2 Å². The molecule has 0 heterocycles. The molecule has 0 aromatic carbocycles. The van der Waals surface area contributed by atoms with Gasteiger partial charge in [0.05, 0.1) is 12.0 Å². The zero-order valence-electron chi connectivity index (χ0n) is 15.7. The van der Waals surface area contributed by atoms with Gasteiger partial charge in [0.1, 0.15) is 11.2 Å². The third-order valence-corrected chi connectivity index (χ3v) is 6.95. The van der Waals surface area contributed by atoms with E-state index in [2.05, 4.69) is 6.58 Å². The van der Waals surface area contributed by atoms with E-state index < -0.39 is 22.8 Å². The fraction of sp³-hybridized carbons (Fsp3) is 0.810. The number of ether oxygens (including phenoxy) is 2. The van der Waals surface area contributed by atoms with E-state index in [-0.39, 0.29) is 12.4 Å². The second-order valence-corrected chi connectivity index (χ2v) is 9.58. The lowest BCUT2D eigenvalue weighted by atomic mass is 9.52. The molecule has 0 aromatic heterocycles. The van der Waals surface area contributed by atoms with Crippen LogP contribution in [0.2, 0.25) is 0 Å². The molecule has 5 aliphatic carbocycles. The van der Waals surface area contributed by atoms with Crippen molar-refractivity contribution in [1.29, 1.82) is 0 Å². The van der Waals surface area contributed by atoms with Crippen molar-refractivity contribution in [3.63, 3.8) is 0 Å². The second kappa shape index (κ2) is 6.08. The lowest BCUT2D eigenvalue weighted by Crippen LogP contribution is -2.60. The SMILES string of the molecule is C=C(C)C(=O)OC1(CC(=O)OC23CC4CC(CC(O)(C4)C2)C3)CCCC1. The van der Waals surface area contributed by atoms with Crippen molar-refractivity contribution in [3.8, 4) is 0 Å². The van der Waals surface area contributed by atoms with Crippen LogP contribution >= 0.6 is 0 Å². The van der Waals surface area contributed by atoms with E-state index in [1.807, 2.05) is 0 Å². The summed E-state index contributed by atoms with van der Waals surface area (Å²) < 4.78 is 11.7. The number of hydrogen-bond donors (Lipinski definition) is 1. The van der Waals surface area contributed by atoms with Gasteiger partial charge in [0, 0.05) is 12.0 Å². The van der Waals surface area contributed by atoms with Crippen molar-refractivity contribution >= 4 is 11.9 Å². The first-order chi connectivity index (χ1) is 12.2. The molecule has 2 atom stereocenters. The number of rotatable bonds is 5. The van der Waals surface area contributed by atoms with Crippen LogP contribution in [0.5, 0.6) is 0 Å². The van der Waals surface area contributed by atoms with Crippen LogP contribution in [0.3, 0.4) is 0 Å². The molecule has 26 heavy (non-hydrogen) atoms. The average Bonchev–Trinajstić information content (AvgIpc) is 2.91. The third kappa shape index (κ3) is 3.30. The molecule has 5 fully saturated rings. The van der Waals surface area contributed by atoms with E-state index >= 15 is 0 Å². The minimum Gasteiger partial charge on any atom is -0.459 e. The van der Waals surface area contributed by atoms with Crippen molar-refractivity contribution in [3.05, 3.63) is 12.2 Å². The Kier molecular flexibility index (Phi) is 4.22. The highest BCUT2D eigenvalue weighted by Gasteiger charge is 2.59. The highest BCUT2D eigenvalue weighted by Crippen LogP contribution is 2.59. The molecular weight excluding hydrogens is 332 g/mol. The minimum absolute atomic E-state index is 0.113. The Balaban J connectivity index is 1.44. The van der Waals surface area contributed by atoms with Crippen molar-refractivity contribution in [2.45, 2.75) is 94.4 Å². The van der Waals surface area contributed by atoms with Gasteiger partial charge in [-0.15, -0.1) is 0 Å². The Hall–Kier alpha value is -1.36. The summed E-state index contributed by atoms with van der Waals surface area (Å²) in [5.74, 6) is 0.224. The first-order valence-electron chi connectivity index (χ1n) is 10.0. The van der Waals surface area contributed by atoms with E-state index in [1.165, 1.54) is 0 Å². The van der Waals surface area contributed by atoms with Crippen LogP contribution in [-0.4, -0.2) is 33.8 Å². The van der Waals surface area contributed by atoms with Gasteiger partial charge in [-0.05, 0) is 76.5 Å². The van der Waals surface area contributed by atoms with Gasteiger partial charge in [-0.25, -0.2) is 4.79 Å². The predicted octanol–water partition coefficient (Wildman–Crippen LogP) is 3.44. The molecule has 5 aliphatic rings. The molecule has 5 nitrogen and oxygen atoms in total. The van der Waals surface area contributed by atoms with E-state index in [1.54, 1.807) is 6.92 Å². The Bertz CT molecular complexity index is 616. The van der Waals surface area contributed by atoms with Crippen LogP contribution in [0.1, 0.15) is 77.6 Å². The quantitative estimate of drug-likeness (QED) is 0.599. The molecule has 5 heteroatoms. The van der Waals surface area contributed by atoms with Crippen molar-refractivity contribution in [1.82, 2.24) is 0 Å². The van der Waals surface area contributed by atoms with Gasteiger partial charge in [-0.1, -0.05) is 6.58 Å². The summed E-state index contributed by atoms with van der Waals surface area (Å²) in [6.07, 6.45) is 8.57. The summed E-state index contributed by atoms with van der Waals surface area (Å²) in [5, 5.41) is 10.8. The molecule has 2 unspecified atom stereocenters. The van der Waals surface area contributed by atoms with Crippen LogP contribution in [0.25, 0.3) is 0 Å². The lowest BCUT2D eigenvalue weighted by molar-refractivity contribution is -0.222. The summed E-state index contributed by atoms with van der Waals surface area (Å²) in [6.45, 7) is 5.27. The number of carbonyl (C=O) groups excluding carboxylic acids is 2.